The largest absolute Gasteiger partial charge is 0.481 e. The molecular weight excluding hydrogens is 334 g/mol. The monoisotopic (exact) mass is 358 g/mol. The number of fused-ring (bicyclic) bond motifs is 2. The van der Waals surface area contributed by atoms with Crippen molar-refractivity contribution in [3.63, 3.8) is 0 Å². The van der Waals surface area contributed by atoms with Crippen molar-refractivity contribution in [2.45, 2.75) is 52.8 Å². The van der Waals surface area contributed by atoms with Crippen LogP contribution in [0.2, 0.25) is 0 Å². The molecule has 3 rings (SSSR count). The Morgan fingerprint density at radius 2 is 1.58 bits per heavy atom. The smallest absolute Gasteiger partial charge is 0.180 e. The van der Waals surface area contributed by atoms with Crippen LogP contribution in [0, 0.1) is 0 Å². The molecule has 0 amide bonds. The zero-order chi connectivity index (χ0) is 17.2. The Balaban J connectivity index is 1.97. The van der Waals surface area contributed by atoms with Gasteiger partial charge in [-0.15, -0.1) is 0 Å². The Morgan fingerprint density at radius 3 is 2.12 bits per heavy atom. The van der Waals surface area contributed by atoms with Crippen molar-refractivity contribution >= 4 is 28.6 Å². The van der Waals surface area contributed by atoms with Crippen LogP contribution in [0.1, 0.15) is 27.7 Å². The Labute approximate surface area is 152 Å². The fourth-order valence-corrected chi connectivity index (χ4v) is 7.07. The molecule has 1 aliphatic rings. The predicted molar refractivity (Wildman–Crippen MR) is 105 cm³/mol. The second-order valence-corrected chi connectivity index (χ2v) is 9.44. The zero-order valence-electron chi connectivity index (χ0n) is 14.7. The summed E-state index contributed by atoms with van der Waals surface area (Å²) < 4.78 is 5.55. The third kappa shape index (κ3) is 3.81. The number of nitrogens with zero attached hydrogens (tertiary/aromatic N) is 1. The van der Waals surface area contributed by atoms with E-state index in [1.165, 1.54) is 19.6 Å². The minimum absolute atomic E-state index is 0.0322. The lowest BCUT2D eigenvalue weighted by atomic mass is 10.1. The van der Waals surface area contributed by atoms with Crippen LogP contribution in [0.3, 0.4) is 0 Å². The van der Waals surface area contributed by atoms with Gasteiger partial charge in [0, 0.05) is 6.92 Å². The van der Waals surface area contributed by atoms with Crippen LogP contribution >= 0.6 is 11.8 Å². The molecule has 2 aromatic rings. The van der Waals surface area contributed by atoms with Crippen molar-refractivity contribution in [3.8, 4) is 0 Å². The summed E-state index contributed by atoms with van der Waals surface area (Å²) in [4.78, 5) is 10.5. The van der Waals surface area contributed by atoms with Crippen molar-refractivity contribution in [3.05, 3.63) is 48.5 Å². The van der Waals surface area contributed by atoms with E-state index in [2.05, 4.69) is 62.4 Å². The summed E-state index contributed by atoms with van der Waals surface area (Å²) >= 11 is 1.88. The van der Waals surface area contributed by atoms with E-state index in [4.69, 9.17) is 9.73 Å². The van der Waals surface area contributed by atoms with Gasteiger partial charge in [0.15, 0.2) is 15.7 Å². The van der Waals surface area contributed by atoms with Gasteiger partial charge in [0.2, 0.25) is 0 Å². The number of ether oxygens (including phenoxy) is 1. The lowest BCUT2D eigenvalue weighted by Gasteiger charge is -2.25. The minimum Gasteiger partial charge on any atom is -0.481 e. The molecule has 0 aromatic heterocycles. The average Bonchev–Trinajstić information content (AvgIpc) is 2.54. The van der Waals surface area contributed by atoms with Crippen molar-refractivity contribution in [1.29, 1.82) is 0 Å². The first-order valence-electron chi connectivity index (χ1n) is 8.26. The quantitative estimate of drug-likeness (QED) is 0.413. The molecule has 4 heteroatoms. The molecule has 0 aliphatic carbocycles. The lowest BCUT2D eigenvalue weighted by molar-refractivity contribution is 0.318. The highest BCUT2D eigenvalue weighted by atomic mass is 32.2. The number of hydrogen-bond donors (Lipinski definition) is 0. The van der Waals surface area contributed by atoms with Gasteiger partial charge in [-0.25, -0.2) is 4.99 Å². The molecule has 1 heterocycles. The van der Waals surface area contributed by atoms with Crippen LogP contribution < -0.4 is 0 Å². The van der Waals surface area contributed by atoms with Crippen molar-refractivity contribution in [2.75, 3.05) is 12.4 Å². The van der Waals surface area contributed by atoms with E-state index in [1.807, 2.05) is 25.6 Å². The molecule has 0 atom stereocenters. The summed E-state index contributed by atoms with van der Waals surface area (Å²) in [5.41, 5.74) is -0.162. The molecule has 0 radical (unpaired) electrons. The first-order chi connectivity index (χ1) is 11.5. The van der Waals surface area contributed by atoms with E-state index in [-0.39, 0.29) is 16.4 Å². The van der Waals surface area contributed by atoms with E-state index in [0.29, 0.717) is 6.61 Å². The molecule has 2 aromatic carbocycles. The molecule has 0 bridgehead atoms. The van der Waals surface area contributed by atoms with Crippen LogP contribution in [0.25, 0.3) is 0 Å². The Bertz CT molecular complexity index is 709. The summed E-state index contributed by atoms with van der Waals surface area (Å²) in [5.74, 6) is 1.77. The maximum atomic E-state index is 5.55. The molecule has 2 nitrogen and oxygen atoms in total. The Morgan fingerprint density at radius 1 is 1.04 bits per heavy atom. The van der Waals surface area contributed by atoms with Gasteiger partial charge in [-0.05, 0) is 45.0 Å². The standard InChI is InChI=1S/C20H24NOS2/c1-5-22-15(2)21-20(3,4)14-24-18-12-8-6-10-16(18)23-17-11-7-9-13-19(17)24/h6-13H,5,14H2,1-4H3/q+1. The van der Waals surface area contributed by atoms with Crippen molar-refractivity contribution in [2.24, 2.45) is 4.99 Å². The van der Waals surface area contributed by atoms with Gasteiger partial charge in [0.25, 0.3) is 0 Å². The van der Waals surface area contributed by atoms with Gasteiger partial charge < -0.3 is 4.74 Å². The Kier molecular flexibility index (Phi) is 5.26. The highest BCUT2D eigenvalue weighted by Crippen LogP contribution is 2.46. The van der Waals surface area contributed by atoms with Crippen LogP contribution in [-0.4, -0.2) is 23.8 Å². The normalized spacial score (nSPS) is 14.9. The van der Waals surface area contributed by atoms with Crippen molar-refractivity contribution < 1.29 is 4.74 Å². The SMILES string of the molecule is CCOC(C)=NC(C)(C)C[S+]1c2ccccc2Sc2ccccc21. The lowest BCUT2D eigenvalue weighted by Crippen LogP contribution is -2.31. The molecule has 24 heavy (non-hydrogen) atoms. The molecule has 0 saturated carbocycles. The average molecular weight is 359 g/mol. The zero-order valence-corrected chi connectivity index (χ0v) is 16.3. The summed E-state index contributed by atoms with van der Waals surface area (Å²) in [6, 6.07) is 17.6. The minimum atomic E-state index is -0.162. The first-order valence-corrected chi connectivity index (χ1v) is 10.5. The maximum absolute atomic E-state index is 5.55. The summed E-state index contributed by atoms with van der Waals surface area (Å²) in [6.07, 6.45) is 0. The van der Waals surface area contributed by atoms with Gasteiger partial charge >= 0.3 is 0 Å². The molecule has 0 unspecified atom stereocenters. The van der Waals surface area contributed by atoms with Gasteiger partial charge in [0.1, 0.15) is 11.3 Å². The summed E-state index contributed by atoms with van der Waals surface area (Å²) in [7, 11) is 0.0322. The number of rotatable bonds is 4. The fourth-order valence-electron chi connectivity index (χ4n) is 2.92. The number of aliphatic imine (C=N–C) groups is 1. The second kappa shape index (κ2) is 7.24. The van der Waals surface area contributed by atoms with Gasteiger partial charge in [0.05, 0.1) is 27.3 Å². The molecule has 126 valence electrons. The molecular formula is C20H24NOS2+. The van der Waals surface area contributed by atoms with E-state index in [1.54, 1.807) is 0 Å². The fraction of sp³-hybridized carbons (Fsp3) is 0.350. The third-order valence-electron chi connectivity index (χ3n) is 3.76. The topological polar surface area (TPSA) is 21.6 Å². The van der Waals surface area contributed by atoms with Crippen LogP contribution in [-0.2, 0) is 15.6 Å². The Hall–Kier alpha value is -1.39. The van der Waals surface area contributed by atoms with Gasteiger partial charge in [-0.3, -0.25) is 0 Å². The van der Waals surface area contributed by atoms with E-state index >= 15 is 0 Å². The first kappa shape index (κ1) is 17.4. The highest BCUT2D eigenvalue weighted by Gasteiger charge is 2.40. The van der Waals surface area contributed by atoms with E-state index < -0.39 is 0 Å². The van der Waals surface area contributed by atoms with Crippen LogP contribution in [0.5, 0.6) is 0 Å². The molecule has 1 aliphatic heterocycles. The molecule has 0 N–H and O–H groups in total. The number of benzene rings is 2. The van der Waals surface area contributed by atoms with Gasteiger partial charge in [-0.2, -0.15) is 0 Å². The predicted octanol–water partition coefficient (Wildman–Crippen LogP) is 5.42. The summed E-state index contributed by atoms with van der Waals surface area (Å²) in [6.45, 7) is 9.02. The van der Waals surface area contributed by atoms with Crippen LogP contribution in [0.4, 0.5) is 0 Å². The molecule has 0 fully saturated rings. The molecule has 0 saturated heterocycles. The third-order valence-corrected chi connectivity index (χ3v) is 7.94. The second-order valence-electron chi connectivity index (χ2n) is 6.41. The van der Waals surface area contributed by atoms with Gasteiger partial charge in [-0.1, -0.05) is 36.0 Å². The van der Waals surface area contributed by atoms with E-state index in [9.17, 15) is 0 Å². The molecule has 0 spiro atoms. The van der Waals surface area contributed by atoms with E-state index in [0.717, 1.165) is 11.7 Å². The number of hydrogen-bond acceptors (Lipinski definition) is 3. The van der Waals surface area contributed by atoms with Crippen LogP contribution in [0.15, 0.2) is 73.1 Å². The highest BCUT2D eigenvalue weighted by molar-refractivity contribution is 8.04. The maximum Gasteiger partial charge on any atom is 0.180 e. The summed E-state index contributed by atoms with van der Waals surface area (Å²) in [5, 5.41) is 0. The van der Waals surface area contributed by atoms with Crippen molar-refractivity contribution in [1.82, 2.24) is 0 Å².